The zero-order valence-electron chi connectivity index (χ0n) is 13.7. The third kappa shape index (κ3) is 7.68. The number of carbonyl (C=O) groups is 1. The Bertz CT molecular complexity index is 465. The summed E-state index contributed by atoms with van der Waals surface area (Å²) in [6.45, 7) is 3.78. The zero-order chi connectivity index (χ0) is 15.6. The van der Waals surface area contributed by atoms with Crippen LogP contribution in [0.3, 0.4) is 0 Å². The molecule has 0 bridgehead atoms. The number of benzene rings is 1. The molecular formula is C17H27ClN2O3. The molecule has 1 saturated heterocycles. The average molecular weight is 343 g/mol. The van der Waals surface area contributed by atoms with Crippen molar-refractivity contribution in [1.29, 1.82) is 0 Å². The Kier molecular flexibility index (Phi) is 9.67. The number of amides is 1. The minimum Gasteiger partial charge on any atom is -0.491 e. The van der Waals surface area contributed by atoms with E-state index in [9.17, 15) is 4.79 Å². The van der Waals surface area contributed by atoms with Gasteiger partial charge in [0.2, 0.25) is 5.91 Å². The van der Waals surface area contributed by atoms with Crippen molar-refractivity contribution in [2.45, 2.75) is 25.8 Å². The lowest BCUT2D eigenvalue weighted by atomic mass is 10.0. The molecule has 1 atom stereocenters. The van der Waals surface area contributed by atoms with Crippen LogP contribution < -0.4 is 15.4 Å². The van der Waals surface area contributed by atoms with Gasteiger partial charge in [0, 0.05) is 20.1 Å². The van der Waals surface area contributed by atoms with Gasteiger partial charge in [-0.05, 0) is 49.5 Å². The lowest BCUT2D eigenvalue weighted by Crippen LogP contribution is -2.23. The molecular weight excluding hydrogens is 316 g/mol. The third-order valence-corrected chi connectivity index (χ3v) is 3.89. The Morgan fingerprint density at radius 2 is 2.26 bits per heavy atom. The number of methoxy groups -OCH3 is 1. The first-order valence-electron chi connectivity index (χ1n) is 7.96. The summed E-state index contributed by atoms with van der Waals surface area (Å²) in [5, 5.41) is 6.30. The Morgan fingerprint density at radius 1 is 1.39 bits per heavy atom. The van der Waals surface area contributed by atoms with Crippen molar-refractivity contribution in [3.05, 3.63) is 29.8 Å². The molecule has 0 aromatic heterocycles. The first-order chi connectivity index (χ1) is 10.8. The van der Waals surface area contributed by atoms with E-state index >= 15 is 0 Å². The van der Waals surface area contributed by atoms with E-state index in [1.165, 1.54) is 6.42 Å². The number of rotatable bonds is 9. The van der Waals surface area contributed by atoms with E-state index in [-0.39, 0.29) is 18.3 Å². The molecule has 5 nitrogen and oxygen atoms in total. The molecule has 1 unspecified atom stereocenters. The molecule has 1 aliphatic heterocycles. The summed E-state index contributed by atoms with van der Waals surface area (Å²) in [5.41, 5.74) is 1.05. The van der Waals surface area contributed by atoms with Crippen molar-refractivity contribution in [1.82, 2.24) is 10.6 Å². The van der Waals surface area contributed by atoms with Gasteiger partial charge in [-0.15, -0.1) is 12.4 Å². The van der Waals surface area contributed by atoms with Gasteiger partial charge in [0.1, 0.15) is 12.4 Å². The third-order valence-electron chi connectivity index (χ3n) is 3.89. The Balaban J connectivity index is 0.00000264. The molecule has 1 aromatic rings. The van der Waals surface area contributed by atoms with Crippen molar-refractivity contribution >= 4 is 18.3 Å². The fraction of sp³-hybridized carbons (Fsp3) is 0.588. The van der Waals surface area contributed by atoms with Crippen LogP contribution in [0.5, 0.6) is 5.75 Å². The normalized spacial score (nSPS) is 16.7. The highest BCUT2D eigenvalue weighted by Crippen LogP contribution is 2.15. The van der Waals surface area contributed by atoms with E-state index in [1.54, 1.807) is 7.11 Å². The maximum absolute atomic E-state index is 11.9. The molecule has 1 fully saturated rings. The molecule has 0 aliphatic carbocycles. The summed E-state index contributed by atoms with van der Waals surface area (Å²) in [4.78, 5) is 11.9. The van der Waals surface area contributed by atoms with Gasteiger partial charge >= 0.3 is 0 Å². The lowest BCUT2D eigenvalue weighted by Gasteiger charge is -2.10. The zero-order valence-corrected chi connectivity index (χ0v) is 14.5. The van der Waals surface area contributed by atoms with Crippen LogP contribution in [-0.4, -0.2) is 39.3 Å². The highest BCUT2D eigenvalue weighted by atomic mass is 35.5. The lowest BCUT2D eigenvalue weighted by molar-refractivity contribution is -0.121. The van der Waals surface area contributed by atoms with Gasteiger partial charge in [-0.3, -0.25) is 4.79 Å². The molecule has 1 aromatic carbocycles. The standard InChI is InChI=1S/C17H26N2O3.ClH/c1-21-9-10-22-16-4-2-3-15(11-16)13-19-17(20)6-5-14-7-8-18-12-14;/h2-4,11,14,18H,5-10,12-13H2,1H3,(H,19,20);1H. The first kappa shape index (κ1) is 19.7. The molecule has 2 N–H and O–H groups in total. The van der Waals surface area contributed by atoms with Crippen LogP contribution in [0.2, 0.25) is 0 Å². The second-order valence-corrected chi connectivity index (χ2v) is 5.66. The van der Waals surface area contributed by atoms with E-state index in [2.05, 4.69) is 10.6 Å². The predicted molar refractivity (Wildman–Crippen MR) is 93.1 cm³/mol. The largest absolute Gasteiger partial charge is 0.491 e. The van der Waals surface area contributed by atoms with Crippen LogP contribution >= 0.6 is 12.4 Å². The maximum Gasteiger partial charge on any atom is 0.220 e. The second kappa shape index (κ2) is 11.3. The minimum atomic E-state index is 0. The number of hydrogen-bond acceptors (Lipinski definition) is 4. The fourth-order valence-corrected chi connectivity index (χ4v) is 2.57. The second-order valence-electron chi connectivity index (χ2n) is 5.66. The molecule has 0 saturated carbocycles. The van der Waals surface area contributed by atoms with E-state index in [4.69, 9.17) is 9.47 Å². The Labute approximate surface area is 144 Å². The summed E-state index contributed by atoms with van der Waals surface area (Å²) >= 11 is 0. The predicted octanol–water partition coefficient (Wildman–Crippen LogP) is 2.14. The molecule has 0 radical (unpaired) electrons. The first-order valence-corrected chi connectivity index (χ1v) is 7.96. The van der Waals surface area contributed by atoms with Crippen molar-refractivity contribution < 1.29 is 14.3 Å². The number of halogens is 1. The smallest absolute Gasteiger partial charge is 0.220 e. The number of carbonyl (C=O) groups excluding carboxylic acids is 1. The Hall–Kier alpha value is -1.30. The van der Waals surface area contributed by atoms with Gasteiger partial charge < -0.3 is 20.1 Å². The highest BCUT2D eigenvalue weighted by Gasteiger charge is 2.15. The van der Waals surface area contributed by atoms with Crippen molar-refractivity contribution in [2.75, 3.05) is 33.4 Å². The molecule has 1 aliphatic rings. The fourth-order valence-electron chi connectivity index (χ4n) is 2.57. The molecule has 130 valence electrons. The van der Waals surface area contributed by atoms with Gasteiger partial charge in [-0.1, -0.05) is 12.1 Å². The minimum absolute atomic E-state index is 0. The van der Waals surface area contributed by atoms with E-state index in [1.807, 2.05) is 24.3 Å². The summed E-state index contributed by atoms with van der Waals surface area (Å²) in [7, 11) is 1.65. The summed E-state index contributed by atoms with van der Waals surface area (Å²) < 4.78 is 10.5. The van der Waals surface area contributed by atoms with Crippen LogP contribution in [-0.2, 0) is 16.1 Å². The summed E-state index contributed by atoms with van der Waals surface area (Å²) in [6.07, 6.45) is 2.77. The molecule has 6 heteroatoms. The molecule has 1 amide bonds. The monoisotopic (exact) mass is 342 g/mol. The van der Waals surface area contributed by atoms with Gasteiger partial charge in [0.25, 0.3) is 0 Å². The summed E-state index contributed by atoms with van der Waals surface area (Å²) in [5.74, 6) is 1.58. The average Bonchev–Trinajstić information content (AvgIpc) is 3.05. The van der Waals surface area contributed by atoms with Gasteiger partial charge in [-0.25, -0.2) is 0 Å². The topological polar surface area (TPSA) is 59.6 Å². The van der Waals surface area contributed by atoms with Crippen LogP contribution in [0.1, 0.15) is 24.8 Å². The van der Waals surface area contributed by atoms with E-state index in [0.717, 1.165) is 30.8 Å². The number of hydrogen-bond donors (Lipinski definition) is 2. The molecule has 2 rings (SSSR count). The van der Waals surface area contributed by atoms with Crippen LogP contribution in [0, 0.1) is 5.92 Å². The molecule has 23 heavy (non-hydrogen) atoms. The quantitative estimate of drug-likeness (QED) is 0.675. The number of ether oxygens (including phenoxy) is 2. The van der Waals surface area contributed by atoms with Crippen molar-refractivity contribution in [3.63, 3.8) is 0 Å². The highest BCUT2D eigenvalue weighted by molar-refractivity contribution is 5.85. The van der Waals surface area contributed by atoms with E-state index in [0.29, 0.717) is 32.1 Å². The SMILES string of the molecule is COCCOc1cccc(CNC(=O)CCC2CCNC2)c1.Cl. The molecule has 0 spiro atoms. The molecule has 1 heterocycles. The number of nitrogens with one attached hydrogen (secondary N) is 2. The summed E-state index contributed by atoms with van der Waals surface area (Å²) in [6, 6.07) is 7.79. The van der Waals surface area contributed by atoms with Crippen molar-refractivity contribution in [3.8, 4) is 5.75 Å². The van der Waals surface area contributed by atoms with E-state index < -0.39 is 0 Å². The van der Waals surface area contributed by atoms with Crippen LogP contribution in [0.15, 0.2) is 24.3 Å². The van der Waals surface area contributed by atoms with Gasteiger partial charge in [0.15, 0.2) is 0 Å². The van der Waals surface area contributed by atoms with Gasteiger partial charge in [0.05, 0.1) is 6.61 Å². The van der Waals surface area contributed by atoms with Crippen molar-refractivity contribution in [2.24, 2.45) is 5.92 Å². The van der Waals surface area contributed by atoms with Crippen LogP contribution in [0.25, 0.3) is 0 Å². The maximum atomic E-state index is 11.9. The van der Waals surface area contributed by atoms with Crippen LogP contribution in [0.4, 0.5) is 0 Å². The van der Waals surface area contributed by atoms with Gasteiger partial charge in [-0.2, -0.15) is 0 Å². The Morgan fingerprint density at radius 3 is 3.00 bits per heavy atom.